The zero-order valence-electron chi connectivity index (χ0n) is 23.4. The first-order valence-electron chi connectivity index (χ1n) is 13.2. The summed E-state index contributed by atoms with van der Waals surface area (Å²) in [6, 6.07) is 21.0. The molecule has 1 aliphatic rings. The van der Waals surface area contributed by atoms with Gasteiger partial charge >= 0.3 is 0 Å². The number of likely N-dealkylation sites (N-methyl/N-ethyl adjacent to an activating group) is 1. The zero-order valence-corrected chi connectivity index (χ0v) is 24.2. The number of benzene rings is 3. The third-order valence-corrected chi connectivity index (χ3v) is 7.99. The van der Waals surface area contributed by atoms with E-state index in [1.165, 1.54) is 4.31 Å². The lowest BCUT2D eigenvalue weighted by atomic mass is 10.0. The van der Waals surface area contributed by atoms with Crippen molar-refractivity contribution >= 4 is 27.5 Å². The Labute approximate surface area is 240 Å². The lowest BCUT2D eigenvalue weighted by Crippen LogP contribution is -2.49. The van der Waals surface area contributed by atoms with Gasteiger partial charge in [-0.3, -0.25) is 13.9 Å². The Bertz CT molecular complexity index is 1460. The van der Waals surface area contributed by atoms with Crippen LogP contribution in [-0.4, -0.2) is 64.9 Å². The Hall–Kier alpha value is -4.25. The van der Waals surface area contributed by atoms with E-state index in [9.17, 15) is 18.0 Å². The summed E-state index contributed by atoms with van der Waals surface area (Å²) in [4.78, 5) is 28.5. The molecule has 0 bridgehead atoms. The molecule has 2 amide bonds. The van der Waals surface area contributed by atoms with Crippen molar-refractivity contribution in [3.63, 3.8) is 0 Å². The minimum atomic E-state index is -3.65. The number of carbonyl (C=O) groups excluding carboxylic acids is 2. The third kappa shape index (κ3) is 7.69. The first kappa shape index (κ1) is 29.7. The molecule has 0 saturated heterocycles. The highest BCUT2D eigenvalue weighted by atomic mass is 32.2. The van der Waals surface area contributed by atoms with Crippen LogP contribution in [0.1, 0.15) is 24.0 Å². The zero-order chi connectivity index (χ0) is 29.4. The predicted molar refractivity (Wildman–Crippen MR) is 156 cm³/mol. The second-order valence-electron chi connectivity index (χ2n) is 9.67. The van der Waals surface area contributed by atoms with Crippen LogP contribution in [0.2, 0.25) is 0 Å². The third-order valence-electron chi connectivity index (χ3n) is 6.80. The Kier molecular flexibility index (Phi) is 9.72. The van der Waals surface area contributed by atoms with Crippen LogP contribution < -0.4 is 23.8 Å². The summed E-state index contributed by atoms with van der Waals surface area (Å²) in [6.07, 6.45) is 1.71. The van der Waals surface area contributed by atoms with E-state index in [4.69, 9.17) is 14.2 Å². The van der Waals surface area contributed by atoms with Gasteiger partial charge in [-0.15, -0.1) is 0 Å². The second kappa shape index (κ2) is 13.4. The molecular weight excluding hydrogens is 546 g/mol. The summed E-state index contributed by atoms with van der Waals surface area (Å²) in [5.74, 6) is 1.09. The normalized spacial score (nSPS) is 12.9. The van der Waals surface area contributed by atoms with Crippen molar-refractivity contribution in [2.75, 3.05) is 38.1 Å². The van der Waals surface area contributed by atoms with Gasteiger partial charge < -0.3 is 24.4 Å². The summed E-state index contributed by atoms with van der Waals surface area (Å²) in [7, 11) is -0.537. The van der Waals surface area contributed by atoms with Crippen LogP contribution in [0.15, 0.2) is 72.8 Å². The largest absolute Gasteiger partial charge is 0.497 e. The molecule has 1 aliphatic heterocycles. The van der Waals surface area contributed by atoms with E-state index in [0.29, 0.717) is 29.4 Å². The maximum Gasteiger partial charge on any atom is 0.242 e. The summed E-state index contributed by atoms with van der Waals surface area (Å²) >= 11 is 0. The lowest BCUT2D eigenvalue weighted by Gasteiger charge is -2.31. The summed E-state index contributed by atoms with van der Waals surface area (Å²) in [5, 5.41) is 2.70. The number of fused-ring (bicyclic) bond motifs is 1. The van der Waals surface area contributed by atoms with E-state index in [1.54, 1.807) is 37.3 Å². The van der Waals surface area contributed by atoms with E-state index in [-0.39, 0.29) is 44.5 Å². The molecule has 0 fully saturated rings. The molecule has 1 heterocycles. The highest BCUT2D eigenvalue weighted by Gasteiger charge is 2.30. The van der Waals surface area contributed by atoms with Crippen molar-refractivity contribution in [3.8, 4) is 17.2 Å². The number of methoxy groups -OCH3 is 1. The van der Waals surface area contributed by atoms with Gasteiger partial charge in [0, 0.05) is 39.0 Å². The number of anilines is 1. The predicted octanol–water partition coefficient (Wildman–Crippen LogP) is 3.36. The molecular formula is C30H35N3O7S. The molecule has 0 radical (unpaired) electrons. The van der Waals surface area contributed by atoms with Crippen molar-refractivity contribution in [1.29, 1.82) is 0 Å². The SMILES string of the molecule is CNC(=O)[C@@H](Cc1ccccc1)N(Cc1cccc(OC)c1)C(=O)CCCN(c1ccc2c(c1)OCO2)S(C)(=O)=O. The molecule has 0 saturated carbocycles. The summed E-state index contributed by atoms with van der Waals surface area (Å²) < 4.78 is 42.7. The number of ether oxygens (including phenoxy) is 3. The van der Waals surface area contributed by atoms with E-state index in [0.717, 1.165) is 17.4 Å². The Morgan fingerprint density at radius 1 is 0.976 bits per heavy atom. The average molecular weight is 582 g/mol. The maximum atomic E-state index is 13.8. The molecule has 1 N–H and O–H groups in total. The van der Waals surface area contributed by atoms with Crippen molar-refractivity contribution in [2.45, 2.75) is 31.8 Å². The highest BCUT2D eigenvalue weighted by molar-refractivity contribution is 7.92. The molecule has 1 atom stereocenters. The minimum Gasteiger partial charge on any atom is -0.497 e. The molecule has 4 rings (SSSR count). The second-order valence-corrected chi connectivity index (χ2v) is 11.6. The van der Waals surface area contributed by atoms with E-state index < -0.39 is 16.1 Å². The summed E-state index contributed by atoms with van der Waals surface area (Å²) in [5.41, 5.74) is 2.14. The molecule has 11 heteroatoms. The number of rotatable bonds is 13. The number of sulfonamides is 1. The topological polar surface area (TPSA) is 114 Å². The van der Waals surface area contributed by atoms with Crippen molar-refractivity contribution in [3.05, 3.63) is 83.9 Å². The quantitative estimate of drug-likeness (QED) is 0.329. The van der Waals surface area contributed by atoms with Crippen LogP contribution in [0.3, 0.4) is 0 Å². The van der Waals surface area contributed by atoms with Crippen LogP contribution >= 0.6 is 0 Å². The van der Waals surface area contributed by atoms with Crippen LogP contribution in [0.4, 0.5) is 5.69 Å². The van der Waals surface area contributed by atoms with Gasteiger partial charge in [0.25, 0.3) is 0 Å². The van der Waals surface area contributed by atoms with Gasteiger partial charge in [0.1, 0.15) is 11.8 Å². The molecule has 0 unspecified atom stereocenters. The first-order chi connectivity index (χ1) is 19.7. The number of hydrogen-bond acceptors (Lipinski definition) is 7. The molecule has 0 aliphatic carbocycles. The van der Waals surface area contributed by atoms with Gasteiger partial charge in [0.05, 0.1) is 19.1 Å². The van der Waals surface area contributed by atoms with Crippen molar-refractivity contribution in [1.82, 2.24) is 10.2 Å². The Morgan fingerprint density at radius 3 is 2.41 bits per heavy atom. The van der Waals surface area contributed by atoms with Gasteiger partial charge in [0.2, 0.25) is 28.6 Å². The minimum absolute atomic E-state index is 0.0306. The number of amides is 2. The number of nitrogens with one attached hydrogen (secondary N) is 1. The van der Waals surface area contributed by atoms with E-state index in [2.05, 4.69) is 5.32 Å². The molecule has 41 heavy (non-hydrogen) atoms. The number of nitrogens with zero attached hydrogens (tertiary/aromatic N) is 2. The number of hydrogen-bond donors (Lipinski definition) is 1. The number of carbonyl (C=O) groups is 2. The monoisotopic (exact) mass is 581 g/mol. The Morgan fingerprint density at radius 2 is 1.71 bits per heavy atom. The van der Waals surface area contributed by atoms with Crippen LogP contribution in [0.25, 0.3) is 0 Å². The molecule has 3 aromatic carbocycles. The molecule has 0 spiro atoms. The molecule has 0 aromatic heterocycles. The van der Waals surface area contributed by atoms with Gasteiger partial charge in [-0.05, 0) is 41.8 Å². The average Bonchev–Trinajstić information content (AvgIpc) is 3.44. The fourth-order valence-electron chi connectivity index (χ4n) is 4.73. The van der Waals surface area contributed by atoms with Gasteiger partial charge in [-0.2, -0.15) is 0 Å². The van der Waals surface area contributed by atoms with Crippen molar-refractivity contribution in [2.24, 2.45) is 0 Å². The fourth-order valence-corrected chi connectivity index (χ4v) is 5.69. The standard InChI is InChI=1S/C30H35N3O7S/c1-31-30(35)26(18-22-9-5-4-6-10-22)32(20-23-11-7-12-25(17-23)38-2)29(34)13-8-16-33(41(3,36)37)24-14-15-27-28(19-24)40-21-39-27/h4-7,9-12,14-15,17,19,26H,8,13,16,18,20-21H2,1-3H3,(H,31,35)/t26-/m1/s1. The molecule has 3 aromatic rings. The van der Waals surface area contributed by atoms with Crippen molar-refractivity contribution < 1.29 is 32.2 Å². The molecule has 10 nitrogen and oxygen atoms in total. The highest BCUT2D eigenvalue weighted by Crippen LogP contribution is 2.36. The van der Waals surface area contributed by atoms with Gasteiger partial charge in [0.15, 0.2) is 11.5 Å². The summed E-state index contributed by atoms with van der Waals surface area (Å²) in [6.45, 7) is 0.324. The van der Waals surface area contributed by atoms with Crippen LogP contribution in [-0.2, 0) is 32.6 Å². The Balaban J connectivity index is 1.56. The van der Waals surface area contributed by atoms with E-state index >= 15 is 0 Å². The van der Waals surface area contributed by atoms with Gasteiger partial charge in [-0.1, -0.05) is 42.5 Å². The smallest absolute Gasteiger partial charge is 0.242 e. The van der Waals surface area contributed by atoms with Crippen LogP contribution in [0, 0.1) is 0 Å². The van der Waals surface area contributed by atoms with E-state index in [1.807, 2.05) is 54.6 Å². The maximum absolute atomic E-state index is 13.8. The lowest BCUT2D eigenvalue weighted by molar-refractivity contribution is -0.141. The van der Waals surface area contributed by atoms with Gasteiger partial charge in [-0.25, -0.2) is 8.42 Å². The molecule has 218 valence electrons. The fraction of sp³-hybridized carbons (Fsp3) is 0.333. The first-order valence-corrected chi connectivity index (χ1v) is 15.1. The van der Waals surface area contributed by atoms with Crippen LogP contribution in [0.5, 0.6) is 17.2 Å².